The van der Waals surface area contributed by atoms with Crippen molar-refractivity contribution in [3.8, 4) is 0 Å². The summed E-state index contributed by atoms with van der Waals surface area (Å²) in [7, 11) is 0. The van der Waals surface area contributed by atoms with E-state index >= 15 is 0 Å². The predicted molar refractivity (Wildman–Crippen MR) is 50.0 cm³/mol. The van der Waals surface area contributed by atoms with Gasteiger partial charge in [-0.05, 0) is 23.8 Å². The van der Waals surface area contributed by atoms with Gasteiger partial charge in [0.2, 0.25) is 0 Å². The Balaban J connectivity index is 2.93. The number of halogens is 1. The van der Waals surface area contributed by atoms with Crippen molar-refractivity contribution in [2.24, 2.45) is 5.73 Å². The standard InChI is InChI=1S/C9H11FN2O2/c10-5-1-2-7(11)6(3-5)8(12)4-9(13)14/h1-3,8H,4,11-12H2,(H,13,14)/t8-/m0/s1. The lowest BCUT2D eigenvalue weighted by Crippen LogP contribution is -2.16. The SMILES string of the molecule is Nc1ccc(F)cc1[C@@H](N)CC(=O)O. The lowest BCUT2D eigenvalue weighted by atomic mass is 10.0. The van der Waals surface area contributed by atoms with E-state index in [0.717, 1.165) is 6.07 Å². The normalized spacial score (nSPS) is 12.4. The number of carboxylic acids is 1. The van der Waals surface area contributed by atoms with Crippen LogP contribution >= 0.6 is 0 Å². The minimum atomic E-state index is -1.04. The molecule has 1 aromatic rings. The van der Waals surface area contributed by atoms with Crippen LogP contribution in [0.3, 0.4) is 0 Å². The van der Waals surface area contributed by atoms with Gasteiger partial charge in [0.1, 0.15) is 5.82 Å². The Morgan fingerprint density at radius 2 is 2.21 bits per heavy atom. The molecular weight excluding hydrogens is 187 g/mol. The van der Waals surface area contributed by atoms with Crippen molar-refractivity contribution < 1.29 is 14.3 Å². The summed E-state index contributed by atoms with van der Waals surface area (Å²) in [5.74, 6) is -1.52. The Bertz CT molecular complexity index is 355. The second-order valence-corrected chi connectivity index (χ2v) is 2.98. The van der Waals surface area contributed by atoms with Gasteiger partial charge in [-0.1, -0.05) is 0 Å². The summed E-state index contributed by atoms with van der Waals surface area (Å²) >= 11 is 0. The van der Waals surface area contributed by atoms with E-state index in [9.17, 15) is 9.18 Å². The van der Waals surface area contributed by atoms with Gasteiger partial charge in [-0.25, -0.2) is 4.39 Å². The topological polar surface area (TPSA) is 89.3 Å². The van der Waals surface area contributed by atoms with Crippen LogP contribution < -0.4 is 11.5 Å². The second-order valence-electron chi connectivity index (χ2n) is 2.98. The highest BCUT2D eigenvalue weighted by atomic mass is 19.1. The first kappa shape index (κ1) is 10.5. The van der Waals surface area contributed by atoms with E-state index in [1.165, 1.54) is 12.1 Å². The molecule has 0 radical (unpaired) electrons. The second kappa shape index (κ2) is 4.06. The molecule has 0 saturated heterocycles. The molecular formula is C9H11FN2O2. The largest absolute Gasteiger partial charge is 0.481 e. The number of carbonyl (C=O) groups is 1. The molecule has 1 aromatic carbocycles. The van der Waals surface area contributed by atoms with Crippen molar-refractivity contribution in [3.05, 3.63) is 29.6 Å². The molecule has 0 spiro atoms. The smallest absolute Gasteiger partial charge is 0.305 e. The Morgan fingerprint density at radius 1 is 1.57 bits per heavy atom. The highest BCUT2D eigenvalue weighted by molar-refractivity contribution is 5.68. The van der Waals surface area contributed by atoms with E-state index in [1.807, 2.05) is 0 Å². The molecule has 0 aliphatic rings. The number of hydrogen-bond donors (Lipinski definition) is 3. The average Bonchev–Trinajstić information content (AvgIpc) is 2.08. The molecule has 0 fully saturated rings. The highest BCUT2D eigenvalue weighted by Crippen LogP contribution is 2.21. The molecule has 0 aromatic heterocycles. The maximum atomic E-state index is 12.8. The first-order chi connectivity index (χ1) is 6.50. The molecule has 0 aliphatic carbocycles. The van der Waals surface area contributed by atoms with Crippen LogP contribution in [0.2, 0.25) is 0 Å². The number of benzene rings is 1. The first-order valence-electron chi connectivity index (χ1n) is 4.03. The van der Waals surface area contributed by atoms with Gasteiger partial charge in [0, 0.05) is 11.7 Å². The summed E-state index contributed by atoms with van der Waals surface area (Å²) in [4.78, 5) is 10.4. The fourth-order valence-electron chi connectivity index (χ4n) is 1.16. The number of anilines is 1. The van der Waals surface area contributed by atoms with Crippen LogP contribution in [0.25, 0.3) is 0 Å². The van der Waals surface area contributed by atoms with Crippen LogP contribution in [0.5, 0.6) is 0 Å². The summed E-state index contributed by atoms with van der Waals surface area (Å²) in [5, 5.41) is 8.49. The van der Waals surface area contributed by atoms with Gasteiger partial charge in [0.25, 0.3) is 0 Å². The monoisotopic (exact) mass is 198 g/mol. The van der Waals surface area contributed by atoms with Crippen molar-refractivity contribution in [1.29, 1.82) is 0 Å². The van der Waals surface area contributed by atoms with Gasteiger partial charge in [-0.15, -0.1) is 0 Å². The molecule has 0 unspecified atom stereocenters. The minimum Gasteiger partial charge on any atom is -0.481 e. The van der Waals surface area contributed by atoms with Gasteiger partial charge in [0.15, 0.2) is 0 Å². The highest BCUT2D eigenvalue weighted by Gasteiger charge is 2.13. The molecule has 0 aliphatic heterocycles. The van der Waals surface area contributed by atoms with E-state index in [0.29, 0.717) is 11.3 Å². The van der Waals surface area contributed by atoms with Gasteiger partial charge in [0.05, 0.1) is 6.42 Å². The van der Waals surface area contributed by atoms with Crippen molar-refractivity contribution >= 4 is 11.7 Å². The number of hydrogen-bond acceptors (Lipinski definition) is 3. The third-order valence-electron chi connectivity index (χ3n) is 1.84. The molecule has 0 saturated carbocycles. The Morgan fingerprint density at radius 3 is 2.79 bits per heavy atom. The number of nitrogen functional groups attached to an aromatic ring is 1. The molecule has 76 valence electrons. The molecule has 5 N–H and O–H groups in total. The third kappa shape index (κ3) is 2.43. The van der Waals surface area contributed by atoms with Gasteiger partial charge in [-0.2, -0.15) is 0 Å². The number of nitrogens with two attached hydrogens (primary N) is 2. The molecule has 1 atom stereocenters. The number of aliphatic carboxylic acids is 1. The molecule has 14 heavy (non-hydrogen) atoms. The molecule has 0 heterocycles. The third-order valence-corrected chi connectivity index (χ3v) is 1.84. The molecule has 0 amide bonds. The van der Waals surface area contributed by atoms with Crippen LogP contribution in [0.4, 0.5) is 10.1 Å². The van der Waals surface area contributed by atoms with Gasteiger partial charge < -0.3 is 16.6 Å². The summed E-state index contributed by atoms with van der Waals surface area (Å²) in [6.45, 7) is 0. The summed E-state index contributed by atoms with van der Waals surface area (Å²) in [6, 6.07) is 2.95. The minimum absolute atomic E-state index is 0.270. The van der Waals surface area contributed by atoms with Crippen LogP contribution in [-0.2, 0) is 4.79 Å². The Labute approximate surface area is 80.3 Å². The molecule has 4 nitrogen and oxygen atoms in total. The fourth-order valence-corrected chi connectivity index (χ4v) is 1.16. The zero-order valence-electron chi connectivity index (χ0n) is 7.40. The van der Waals surface area contributed by atoms with Crippen molar-refractivity contribution in [1.82, 2.24) is 0 Å². The van der Waals surface area contributed by atoms with E-state index in [1.54, 1.807) is 0 Å². The first-order valence-corrected chi connectivity index (χ1v) is 4.03. The quantitative estimate of drug-likeness (QED) is 0.629. The zero-order valence-corrected chi connectivity index (χ0v) is 7.40. The Kier molecular flexibility index (Phi) is 3.03. The lowest BCUT2D eigenvalue weighted by molar-refractivity contribution is -0.137. The van der Waals surface area contributed by atoms with Crippen LogP contribution in [-0.4, -0.2) is 11.1 Å². The van der Waals surface area contributed by atoms with E-state index < -0.39 is 17.8 Å². The molecule has 5 heteroatoms. The maximum absolute atomic E-state index is 12.8. The summed E-state index contributed by atoms with van der Waals surface area (Å²) < 4.78 is 12.8. The van der Waals surface area contributed by atoms with Crippen molar-refractivity contribution in [3.63, 3.8) is 0 Å². The Hall–Kier alpha value is -1.62. The van der Waals surface area contributed by atoms with E-state index in [-0.39, 0.29) is 6.42 Å². The molecule has 0 bridgehead atoms. The zero-order chi connectivity index (χ0) is 10.7. The fraction of sp³-hybridized carbons (Fsp3) is 0.222. The predicted octanol–water partition coefficient (Wildman–Crippen LogP) is 0.882. The van der Waals surface area contributed by atoms with E-state index in [4.69, 9.17) is 16.6 Å². The van der Waals surface area contributed by atoms with Crippen molar-refractivity contribution in [2.75, 3.05) is 5.73 Å². The number of rotatable bonds is 3. The van der Waals surface area contributed by atoms with Crippen molar-refractivity contribution in [2.45, 2.75) is 12.5 Å². The average molecular weight is 198 g/mol. The van der Waals surface area contributed by atoms with Gasteiger partial charge >= 0.3 is 5.97 Å². The van der Waals surface area contributed by atoms with E-state index in [2.05, 4.69) is 0 Å². The van der Waals surface area contributed by atoms with Gasteiger partial charge in [-0.3, -0.25) is 4.79 Å². The molecule has 1 rings (SSSR count). The lowest BCUT2D eigenvalue weighted by Gasteiger charge is -2.11. The van der Waals surface area contributed by atoms with Crippen LogP contribution in [0.1, 0.15) is 18.0 Å². The van der Waals surface area contributed by atoms with Crippen LogP contribution in [0, 0.1) is 5.82 Å². The number of carboxylic acid groups (broad SMARTS) is 1. The summed E-state index contributed by atoms with van der Waals surface area (Å²) in [6.07, 6.45) is -0.270. The van der Waals surface area contributed by atoms with Crippen LogP contribution in [0.15, 0.2) is 18.2 Å². The maximum Gasteiger partial charge on any atom is 0.305 e. The summed E-state index contributed by atoms with van der Waals surface area (Å²) in [5.41, 5.74) is 11.7.